The van der Waals surface area contributed by atoms with Crippen molar-refractivity contribution in [3.05, 3.63) is 34.9 Å². The van der Waals surface area contributed by atoms with Crippen LogP contribution in [0.3, 0.4) is 0 Å². The molecule has 1 N–H and O–H groups in total. The summed E-state index contributed by atoms with van der Waals surface area (Å²) < 4.78 is 4.73. The number of carbonyl (C=O) groups excluding carboxylic acids is 1. The van der Waals surface area contributed by atoms with Crippen molar-refractivity contribution in [2.45, 2.75) is 31.3 Å². The standard InChI is InChI=1S/C13H16ClNO2/c1-17-13(16)12-7-6-11(15-12)8-9-2-4-10(14)5-3-9/h2-5,11-12,15H,6-8H2,1H3/t11?,12-/m0/s1. The van der Waals surface area contributed by atoms with Crippen LogP contribution in [0.2, 0.25) is 5.02 Å². The summed E-state index contributed by atoms with van der Waals surface area (Å²) >= 11 is 5.84. The summed E-state index contributed by atoms with van der Waals surface area (Å²) in [6.45, 7) is 0. The van der Waals surface area contributed by atoms with Crippen molar-refractivity contribution in [3.63, 3.8) is 0 Å². The third-order valence-electron chi connectivity index (χ3n) is 3.12. The Morgan fingerprint density at radius 2 is 2.12 bits per heavy atom. The summed E-state index contributed by atoms with van der Waals surface area (Å²) in [5, 5.41) is 4.05. The van der Waals surface area contributed by atoms with E-state index < -0.39 is 0 Å². The number of rotatable bonds is 3. The Hall–Kier alpha value is -1.06. The quantitative estimate of drug-likeness (QED) is 0.840. The summed E-state index contributed by atoms with van der Waals surface area (Å²) in [6.07, 6.45) is 2.78. The third kappa shape index (κ3) is 3.20. The summed E-state index contributed by atoms with van der Waals surface area (Å²) in [7, 11) is 1.43. The van der Waals surface area contributed by atoms with Crippen LogP contribution in [-0.4, -0.2) is 25.2 Å². The van der Waals surface area contributed by atoms with E-state index in [0.717, 1.165) is 24.3 Å². The number of methoxy groups -OCH3 is 1. The molecule has 1 aliphatic heterocycles. The van der Waals surface area contributed by atoms with Gasteiger partial charge in [-0.1, -0.05) is 23.7 Å². The lowest BCUT2D eigenvalue weighted by atomic mass is 10.0. The van der Waals surface area contributed by atoms with Crippen molar-refractivity contribution in [1.29, 1.82) is 0 Å². The van der Waals surface area contributed by atoms with Crippen LogP contribution in [-0.2, 0) is 16.0 Å². The van der Waals surface area contributed by atoms with E-state index >= 15 is 0 Å². The lowest BCUT2D eigenvalue weighted by molar-refractivity contribution is -0.142. The molecule has 1 aromatic carbocycles. The maximum Gasteiger partial charge on any atom is 0.322 e. The van der Waals surface area contributed by atoms with Crippen LogP contribution in [0.4, 0.5) is 0 Å². The van der Waals surface area contributed by atoms with Crippen LogP contribution in [0, 0.1) is 0 Å². The van der Waals surface area contributed by atoms with Gasteiger partial charge < -0.3 is 10.1 Å². The first kappa shape index (κ1) is 12.4. The van der Waals surface area contributed by atoms with Crippen molar-refractivity contribution >= 4 is 17.6 Å². The average molecular weight is 254 g/mol. The number of hydrogen-bond acceptors (Lipinski definition) is 3. The molecule has 1 fully saturated rings. The Kier molecular flexibility index (Phi) is 4.02. The van der Waals surface area contributed by atoms with Crippen LogP contribution in [0.15, 0.2) is 24.3 Å². The molecule has 0 saturated carbocycles. The van der Waals surface area contributed by atoms with Gasteiger partial charge in [0.05, 0.1) is 7.11 Å². The highest BCUT2D eigenvalue weighted by Crippen LogP contribution is 2.18. The number of hydrogen-bond donors (Lipinski definition) is 1. The minimum atomic E-state index is -0.163. The number of nitrogens with one attached hydrogen (secondary N) is 1. The van der Waals surface area contributed by atoms with Gasteiger partial charge in [-0.2, -0.15) is 0 Å². The van der Waals surface area contributed by atoms with E-state index in [1.54, 1.807) is 0 Å². The fourth-order valence-electron chi connectivity index (χ4n) is 2.21. The fourth-order valence-corrected chi connectivity index (χ4v) is 2.34. The zero-order chi connectivity index (χ0) is 12.3. The predicted molar refractivity (Wildman–Crippen MR) is 67.1 cm³/mol. The fraction of sp³-hybridized carbons (Fsp3) is 0.462. The lowest BCUT2D eigenvalue weighted by Crippen LogP contribution is -2.37. The number of carbonyl (C=O) groups is 1. The minimum absolute atomic E-state index is 0.141. The zero-order valence-corrected chi connectivity index (χ0v) is 10.5. The van der Waals surface area contributed by atoms with Gasteiger partial charge in [-0.05, 0) is 37.0 Å². The van der Waals surface area contributed by atoms with Gasteiger partial charge in [-0.3, -0.25) is 4.79 Å². The van der Waals surface area contributed by atoms with Crippen LogP contribution in [0.5, 0.6) is 0 Å². The normalized spacial score (nSPS) is 23.6. The van der Waals surface area contributed by atoms with Gasteiger partial charge in [0.15, 0.2) is 0 Å². The highest BCUT2D eigenvalue weighted by atomic mass is 35.5. The van der Waals surface area contributed by atoms with Crippen LogP contribution in [0.25, 0.3) is 0 Å². The summed E-state index contributed by atoms with van der Waals surface area (Å²) in [5.41, 5.74) is 1.23. The summed E-state index contributed by atoms with van der Waals surface area (Å²) in [5.74, 6) is -0.163. The Balaban J connectivity index is 1.89. The molecule has 3 nitrogen and oxygen atoms in total. The minimum Gasteiger partial charge on any atom is -0.468 e. The van der Waals surface area contributed by atoms with E-state index in [1.165, 1.54) is 12.7 Å². The molecule has 0 aromatic heterocycles. The molecule has 92 valence electrons. The van der Waals surface area contributed by atoms with Gasteiger partial charge in [0.1, 0.15) is 6.04 Å². The van der Waals surface area contributed by atoms with E-state index in [2.05, 4.69) is 5.32 Å². The molecular formula is C13H16ClNO2. The van der Waals surface area contributed by atoms with Gasteiger partial charge in [-0.25, -0.2) is 0 Å². The van der Waals surface area contributed by atoms with Gasteiger partial charge in [0.25, 0.3) is 0 Å². The van der Waals surface area contributed by atoms with Gasteiger partial charge in [0, 0.05) is 11.1 Å². The third-order valence-corrected chi connectivity index (χ3v) is 3.37. The Bertz CT molecular complexity index is 391. The molecule has 2 rings (SSSR count). The second-order valence-electron chi connectivity index (χ2n) is 4.35. The highest BCUT2D eigenvalue weighted by Gasteiger charge is 2.29. The van der Waals surface area contributed by atoms with Crippen LogP contribution in [0.1, 0.15) is 18.4 Å². The average Bonchev–Trinajstić information content (AvgIpc) is 2.80. The topological polar surface area (TPSA) is 38.3 Å². The maximum absolute atomic E-state index is 11.4. The van der Waals surface area contributed by atoms with E-state index in [1.807, 2.05) is 24.3 Å². The maximum atomic E-state index is 11.4. The van der Waals surface area contributed by atoms with Crippen molar-refractivity contribution in [2.24, 2.45) is 0 Å². The number of ether oxygens (including phenoxy) is 1. The molecule has 0 aliphatic carbocycles. The number of esters is 1. The molecule has 0 spiro atoms. The highest BCUT2D eigenvalue weighted by molar-refractivity contribution is 6.30. The first-order valence-electron chi connectivity index (χ1n) is 5.77. The second-order valence-corrected chi connectivity index (χ2v) is 4.78. The Labute approximate surface area is 106 Å². The largest absolute Gasteiger partial charge is 0.468 e. The smallest absolute Gasteiger partial charge is 0.322 e. The zero-order valence-electron chi connectivity index (χ0n) is 9.78. The molecule has 0 radical (unpaired) electrons. The monoisotopic (exact) mass is 253 g/mol. The van der Waals surface area contributed by atoms with Crippen molar-refractivity contribution in [1.82, 2.24) is 5.32 Å². The molecule has 2 atom stereocenters. The molecule has 1 saturated heterocycles. The first-order valence-corrected chi connectivity index (χ1v) is 6.15. The van der Waals surface area contributed by atoms with E-state index in [0.29, 0.717) is 6.04 Å². The molecule has 17 heavy (non-hydrogen) atoms. The molecule has 1 heterocycles. The van der Waals surface area contributed by atoms with Crippen molar-refractivity contribution in [3.8, 4) is 0 Å². The van der Waals surface area contributed by atoms with Crippen LogP contribution >= 0.6 is 11.6 Å². The molecule has 1 unspecified atom stereocenters. The molecule has 1 aliphatic rings. The number of halogens is 1. The van der Waals surface area contributed by atoms with Crippen LogP contribution < -0.4 is 5.32 Å². The predicted octanol–water partition coefficient (Wildman–Crippen LogP) is 2.18. The molecule has 4 heteroatoms. The van der Waals surface area contributed by atoms with Gasteiger partial charge in [-0.15, -0.1) is 0 Å². The first-order chi connectivity index (χ1) is 8.19. The summed E-state index contributed by atoms with van der Waals surface area (Å²) in [4.78, 5) is 11.4. The van der Waals surface area contributed by atoms with E-state index in [-0.39, 0.29) is 12.0 Å². The van der Waals surface area contributed by atoms with Gasteiger partial charge >= 0.3 is 5.97 Å². The van der Waals surface area contributed by atoms with Gasteiger partial charge in [0.2, 0.25) is 0 Å². The van der Waals surface area contributed by atoms with E-state index in [4.69, 9.17) is 16.3 Å². The SMILES string of the molecule is COC(=O)[C@@H]1CCC(Cc2ccc(Cl)cc2)N1. The molecule has 0 bridgehead atoms. The lowest BCUT2D eigenvalue weighted by Gasteiger charge is -2.12. The Morgan fingerprint density at radius 1 is 1.41 bits per heavy atom. The number of benzene rings is 1. The van der Waals surface area contributed by atoms with E-state index in [9.17, 15) is 4.79 Å². The second kappa shape index (κ2) is 5.52. The summed E-state index contributed by atoms with van der Waals surface area (Å²) in [6, 6.07) is 8.04. The molecular weight excluding hydrogens is 238 g/mol. The van der Waals surface area contributed by atoms with Crippen molar-refractivity contribution in [2.75, 3.05) is 7.11 Å². The Morgan fingerprint density at radius 3 is 2.76 bits per heavy atom. The molecule has 0 amide bonds. The van der Waals surface area contributed by atoms with Crippen molar-refractivity contribution < 1.29 is 9.53 Å². The molecule has 1 aromatic rings.